The molecule has 1 aromatic carbocycles. The van der Waals surface area contributed by atoms with Crippen molar-refractivity contribution in [3.8, 4) is 17.0 Å². The van der Waals surface area contributed by atoms with E-state index in [9.17, 15) is 4.79 Å². The maximum Gasteiger partial charge on any atom is 0.243 e. The molecular formula is C17H22ClN3O2S. The summed E-state index contributed by atoms with van der Waals surface area (Å²) in [5.41, 5.74) is 9.06. The van der Waals surface area contributed by atoms with E-state index < -0.39 is 6.04 Å². The largest absolute Gasteiger partial charge is 0.493 e. The Balaban J connectivity index is 0.00000208. The van der Waals surface area contributed by atoms with Crippen LogP contribution < -0.4 is 15.8 Å². The van der Waals surface area contributed by atoms with Gasteiger partial charge in [-0.05, 0) is 29.7 Å². The third kappa shape index (κ3) is 3.88. The average molecular weight is 368 g/mol. The van der Waals surface area contributed by atoms with Gasteiger partial charge in [-0.2, -0.15) is 0 Å². The summed E-state index contributed by atoms with van der Waals surface area (Å²) in [7, 11) is 0. The minimum atomic E-state index is -0.510. The van der Waals surface area contributed by atoms with Gasteiger partial charge in [0.2, 0.25) is 5.91 Å². The molecule has 1 aliphatic rings. The summed E-state index contributed by atoms with van der Waals surface area (Å²) < 4.78 is 5.52. The molecular weight excluding hydrogens is 346 g/mol. The molecule has 7 heteroatoms. The highest BCUT2D eigenvalue weighted by Gasteiger charge is 2.20. The van der Waals surface area contributed by atoms with Crippen LogP contribution in [0.2, 0.25) is 0 Å². The number of fused-ring (bicyclic) bond motifs is 1. The number of rotatable bonds is 5. The van der Waals surface area contributed by atoms with Gasteiger partial charge in [0.25, 0.3) is 0 Å². The predicted molar refractivity (Wildman–Crippen MR) is 100 cm³/mol. The molecule has 5 nitrogen and oxygen atoms in total. The van der Waals surface area contributed by atoms with Crippen LogP contribution in [0.3, 0.4) is 0 Å². The smallest absolute Gasteiger partial charge is 0.243 e. The van der Waals surface area contributed by atoms with Gasteiger partial charge in [0, 0.05) is 17.4 Å². The lowest BCUT2D eigenvalue weighted by Crippen LogP contribution is -2.40. The number of thiazole rings is 1. The van der Waals surface area contributed by atoms with Crippen LogP contribution in [0.1, 0.15) is 25.8 Å². The summed E-state index contributed by atoms with van der Waals surface area (Å²) in [4.78, 5) is 16.6. The van der Waals surface area contributed by atoms with E-state index in [1.807, 2.05) is 31.4 Å². The van der Waals surface area contributed by atoms with Crippen LogP contribution in [0.4, 0.5) is 5.13 Å². The number of aromatic nitrogens is 1. The number of ether oxygens (including phenoxy) is 1. The van der Waals surface area contributed by atoms with E-state index in [-0.39, 0.29) is 24.2 Å². The van der Waals surface area contributed by atoms with E-state index in [1.165, 1.54) is 16.9 Å². The highest BCUT2D eigenvalue weighted by Crippen LogP contribution is 2.32. The van der Waals surface area contributed by atoms with Crippen molar-refractivity contribution in [2.75, 3.05) is 11.9 Å². The highest BCUT2D eigenvalue weighted by molar-refractivity contribution is 7.14. The Morgan fingerprint density at radius 2 is 2.29 bits per heavy atom. The molecule has 3 rings (SSSR count). The minimum absolute atomic E-state index is 0. The number of amides is 1. The third-order valence-electron chi connectivity index (χ3n) is 4.28. The number of benzene rings is 1. The zero-order valence-electron chi connectivity index (χ0n) is 13.7. The van der Waals surface area contributed by atoms with Crippen molar-refractivity contribution in [3.05, 3.63) is 29.1 Å². The molecule has 0 saturated heterocycles. The maximum atomic E-state index is 12.1. The zero-order valence-corrected chi connectivity index (χ0v) is 15.4. The molecule has 0 spiro atoms. The first-order valence-corrected chi connectivity index (χ1v) is 8.74. The Labute approximate surface area is 152 Å². The standard InChI is InChI=1S/C17H21N3O2S.ClH/c1-3-10(2)15(18)16(21)20-17-19-13(9-23-17)11-4-5-14-12(8-11)6-7-22-14;/h4-5,8-10,15H,3,6-7,18H2,1-2H3,(H,19,20,21);1H. The summed E-state index contributed by atoms with van der Waals surface area (Å²) in [6.45, 7) is 4.74. The van der Waals surface area contributed by atoms with Crippen LogP contribution in [0.15, 0.2) is 23.6 Å². The van der Waals surface area contributed by atoms with E-state index in [0.29, 0.717) is 5.13 Å². The number of carbonyl (C=O) groups excluding carboxylic acids is 1. The van der Waals surface area contributed by atoms with Gasteiger partial charge in [0.15, 0.2) is 5.13 Å². The molecule has 1 aromatic heterocycles. The monoisotopic (exact) mass is 367 g/mol. The molecule has 1 aliphatic heterocycles. The van der Waals surface area contributed by atoms with Crippen molar-refractivity contribution in [2.45, 2.75) is 32.7 Å². The summed E-state index contributed by atoms with van der Waals surface area (Å²) in [5, 5.41) is 5.35. The van der Waals surface area contributed by atoms with E-state index in [0.717, 1.165) is 36.5 Å². The van der Waals surface area contributed by atoms with Crippen molar-refractivity contribution < 1.29 is 9.53 Å². The molecule has 0 saturated carbocycles. The second-order valence-corrected chi connectivity index (χ2v) is 6.72. The second kappa shape index (κ2) is 7.96. The van der Waals surface area contributed by atoms with Crippen molar-refractivity contribution in [1.29, 1.82) is 0 Å². The lowest BCUT2D eigenvalue weighted by atomic mass is 10.00. The second-order valence-electron chi connectivity index (χ2n) is 5.86. The Kier molecular flexibility index (Phi) is 6.21. The first-order valence-electron chi connectivity index (χ1n) is 7.86. The van der Waals surface area contributed by atoms with Crippen molar-refractivity contribution in [2.24, 2.45) is 11.7 Å². The first-order chi connectivity index (χ1) is 11.1. The topological polar surface area (TPSA) is 77.2 Å². The van der Waals surface area contributed by atoms with Gasteiger partial charge in [-0.15, -0.1) is 23.7 Å². The Morgan fingerprint density at radius 1 is 1.50 bits per heavy atom. The van der Waals surface area contributed by atoms with E-state index in [4.69, 9.17) is 10.5 Å². The summed E-state index contributed by atoms with van der Waals surface area (Å²) in [6.07, 6.45) is 1.80. The molecule has 0 bridgehead atoms. The lowest BCUT2D eigenvalue weighted by Gasteiger charge is -2.16. The van der Waals surface area contributed by atoms with Crippen LogP contribution in [0, 0.1) is 5.92 Å². The number of nitrogens with zero attached hydrogens (tertiary/aromatic N) is 1. The van der Waals surface area contributed by atoms with Gasteiger partial charge in [-0.3, -0.25) is 4.79 Å². The zero-order chi connectivity index (χ0) is 16.4. The van der Waals surface area contributed by atoms with E-state index in [1.54, 1.807) is 0 Å². The van der Waals surface area contributed by atoms with Crippen LogP contribution in [0.5, 0.6) is 5.75 Å². The van der Waals surface area contributed by atoms with Crippen molar-refractivity contribution in [1.82, 2.24) is 4.98 Å². The normalized spacial score (nSPS) is 15.0. The van der Waals surface area contributed by atoms with Gasteiger partial charge >= 0.3 is 0 Å². The molecule has 1 amide bonds. The van der Waals surface area contributed by atoms with Crippen molar-refractivity contribution in [3.63, 3.8) is 0 Å². The molecule has 24 heavy (non-hydrogen) atoms. The van der Waals surface area contributed by atoms with Gasteiger partial charge in [-0.1, -0.05) is 20.3 Å². The molecule has 0 fully saturated rings. The number of nitrogens with two attached hydrogens (primary N) is 1. The molecule has 130 valence electrons. The Morgan fingerprint density at radius 3 is 3.04 bits per heavy atom. The molecule has 2 unspecified atom stereocenters. The molecule has 2 aromatic rings. The Hall–Kier alpha value is -1.63. The fraction of sp³-hybridized carbons (Fsp3) is 0.412. The third-order valence-corrected chi connectivity index (χ3v) is 5.04. The number of hydrogen-bond donors (Lipinski definition) is 2. The minimum Gasteiger partial charge on any atom is -0.493 e. The van der Waals surface area contributed by atoms with Gasteiger partial charge in [-0.25, -0.2) is 4.98 Å². The number of anilines is 1. The fourth-order valence-corrected chi connectivity index (χ4v) is 3.23. The number of hydrogen-bond acceptors (Lipinski definition) is 5. The van der Waals surface area contributed by atoms with Crippen LogP contribution in [0.25, 0.3) is 11.3 Å². The quantitative estimate of drug-likeness (QED) is 0.848. The fourth-order valence-electron chi connectivity index (χ4n) is 2.51. The highest BCUT2D eigenvalue weighted by atomic mass is 35.5. The predicted octanol–water partition coefficient (Wildman–Crippen LogP) is 3.48. The molecule has 0 radical (unpaired) electrons. The first kappa shape index (κ1) is 18.7. The SMILES string of the molecule is CCC(C)C(N)C(=O)Nc1nc(-c2ccc3c(c2)CCO3)cs1.Cl. The summed E-state index contributed by atoms with van der Waals surface area (Å²) in [6, 6.07) is 5.57. The summed E-state index contributed by atoms with van der Waals surface area (Å²) in [5.74, 6) is 0.922. The number of halogens is 1. The van der Waals surface area contributed by atoms with Gasteiger partial charge < -0.3 is 15.8 Å². The molecule has 2 atom stereocenters. The average Bonchev–Trinajstić information content (AvgIpc) is 3.21. The van der Waals surface area contributed by atoms with E-state index in [2.05, 4.69) is 16.4 Å². The molecule has 3 N–H and O–H groups in total. The number of carbonyl (C=O) groups is 1. The van der Waals surface area contributed by atoms with E-state index >= 15 is 0 Å². The number of nitrogens with one attached hydrogen (secondary N) is 1. The Bertz CT molecular complexity index is 720. The van der Waals surface area contributed by atoms with Crippen LogP contribution in [-0.2, 0) is 11.2 Å². The summed E-state index contributed by atoms with van der Waals surface area (Å²) >= 11 is 1.41. The lowest BCUT2D eigenvalue weighted by molar-refractivity contribution is -0.118. The van der Waals surface area contributed by atoms with Crippen LogP contribution in [-0.4, -0.2) is 23.5 Å². The van der Waals surface area contributed by atoms with Gasteiger partial charge in [0.05, 0.1) is 18.3 Å². The van der Waals surface area contributed by atoms with Crippen LogP contribution >= 0.6 is 23.7 Å². The molecule has 0 aliphatic carbocycles. The maximum absolute atomic E-state index is 12.1. The molecule has 2 heterocycles. The van der Waals surface area contributed by atoms with Crippen molar-refractivity contribution >= 4 is 34.8 Å². The van der Waals surface area contributed by atoms with Gasteiger partial charge in [0.1, 0.15) is 5.75 Å².